The number of phenols is 1. The van der Waals surface area contributed by atoms with E-state index >= 15 is 0 Å². The van der Waals surface area contributed by atoms with E-state index < -0.39 is 29.3 Å². The molecule has 0 radical (unpaired) electrons. The van der Waals surface area contributed by atoms with Gasteiger partial charge in [-0.15, -0.1) is 0 Å². The van der Waals surface area contributed by atoms with Crippen LogP contribution in [0.5, 0.6) is 5.75 Å². The van der Waals surface area contributed by atoms with Gasteiger partial charge in [-0.2, -0.15) is 0 Å². The lowest BCUT2D eigenvalue weighted by Gasteiger charge is -2.06. The number of aryl methyl sites for hydroxylation is 1. The average molecular weight is 306 g/mol. The van der Waals surface area contributed by atoms with Gasteiger partial charge in [0.25, 0.3) is 5.91 Å². The number of nitrogens with zero attached hydrogens (tertiary/aromatic N) is 1. The summed E-state index contributed by atoms with van der Waals surface area (Å²) in [6, 6.07) is 3.36. The molecule has 0 fully saturated rings. The van der Waals surface area contributed by atoms with Crippen molar-refractivity contribution in [1.29, 1.82) is 0 Å². The van der Waals surface area contributed by atoms with Gasteiger partial charge in [0.15, 0.2) is 5.69 Å². The Kier molecular flexibility index (Phi) is 3.80. The second kappa shape index (κ2) is 5.56. The Labute approximate surface area is 122 Å². The molecular formula is C13H10N2O7. The highest BCUT2D eigenvalue weighted by molar-refractivity contribution is 6.09. The first kappa shape index (κ1) is 15.0. The van der Waals surface area contributed by atoms with Crippen LogP contribution in [-0.2, 0) is 0 Å². The van der Waals surface area contributed by atoms with Gasteiger partial charge in [0.2, 0.25) is 0 Å². The van der Waals surface area contributed by atoms with Crippen molar-refractivity contribution in [3.05, 3.63) is 40.8 Å². The minimum atomic E-state index is -1.37. The molecule has 0 bridgehead atoms. The van der Waals surface area contributed by atoms with Gasteiger partial charge in [-0.1, -0.05) is 5.16 Å². The summed E-state index contributed by atoms with van der Waals surface area (Å²) in [6.45, 7) is 1.35. The van der Waals surface area contributed by atoms with E-state index in [1.165, 1.54) is 13.0 Å². The van der Waals surface area contributed by atoms with E-state index in [4.69, 9.17) is 10.2 Å². The lowest BCUT2D eigenvalue weighted by molar-refractivity contribution is 0.0682. The number of rotatable bonds is 4. The molecule has 1 heterocycles. The molecule has 0 aliphatic carbocycles. The van der Waals surface area contributed by atoms with Crippen molar-refractivity contribution in [2.45, 2.75) is 6.92 Å². The predicted molar refractivity (Wildman–Crippen MR) is 71.2 cm³/mol. The van der Waals surface area contributed by atoms with Gasteiger partial charge in [-0.3, -0.25) is 4.79 Å². The molecule has 0 saturated heterocycles. The molecule has 114 valence electrons. The highest BCUT2D eigenvalue weighted by Gasteiger charge is 2.25. The Bertz CT molecular complexity index is 779. The van der Waals surface area contributed by atoms with Gasteiger partial charge in [-0.25, -0.2) is 9.59 Å². The quantitative estimate of drug-likeness (QED) is 0.660. The van der Waals surface area contributed by atoms with Crippen molar-refractivity contribution in [3.8, 4) is 5.75 Å². The van der Waals surface area contributed by atoms with Gasteiger partial charge < -0.3 is 25.2 Å². The Hall–Kier alpha value is -3.36. The number of hydrogen-bond acceptors (Lipinski definition) is 6. The normalized spacial score (nSPS) is 10.2. The average Bonchev–Trinajstić information content (AvgIpc) is 2.80. The smallest absolute Gasteiger partial charge is 0.341 e. The topological polar surface area (TPSA) is 150 Å². The maximum Gasteiger partial charge on any atom is 0.341 e. The van der Waals surface area contributed by atoms with E-state index in [9.17, 15) is 19.5 Å². The summed E-state index contributed by atoms with van der Waals surface area (Å²) in [5.74, 6) is -4.12. The molecule has 0 unspecified atom stereocenters. The number of anilines is 1. The van der Waals surface area contributed by atoms with E-state index in [-0.39, 0.29) is 22.6 Å². The first-order valence-corrected chi connectivity index (χ1v) is 5.88. The minimum absolute atomic E-state index is 0.0262. The monoisotopic (exact) mass is 306 g/mol. The molecule has 1 aromatic carbocycles. The lowest BCUT2D eigenvalue weighted by atomic mass is 10.1. The van der Waals surface area contributed by atoms with E-state index in [2.05, 4.69) is 15.0 Å². The third-order valence-electron chi connectivity index (χ3n) is 2.78. The number of carboxylic acid groups (broad SMARTS) is 2. The number of aromatic carboxylic acids is 2. The number of hydrogen-bond donors (Lipinski definition) is 4. The third kappa shape index (κ3) is 2.73. The number of aromatic nitrogens is 1. The molecule has 22 heavy (non-hydrogen) atoms. The second-order valence-corrected chi connectivity index (χ2v) is 4.26. The van der Waals surface area contributed by atoms with Gasteiger partial charge in [0.1, 0.15) is 22.6 Å². The Morgan fingerprint density at radius 3 is 2.41 bits per heavy atom. The SMILES string of the molecule is Cc1onc(C(=O)Nc2ccc(C(=O)O)c(O)c2)c1C(=O)O. The van der Waals surface area contributed by atoms with Crippen LogP contribution in [0.4, 0.5) is 5.69 Å². The third-order valence-corrected chi connectivity index (χ3v) is 2.78. The summed E-state index contributed by atoms with van der Waals surface area (Å²) in [7, 11) is 0. The fourth-order valence-corrected chi connectivity index (χ4v) is 1.76. The molecule has 9 heteroatoms. The standard InChI is InChI=1S/C13H10N2O7/c1-5-9(13(20)21)10(15-22-5)11(17)14-6-2-3-7(12(18)19)8(16)4-6/h2-4,16H,1H3,(H,14,17)(H,18,19)(H,20,21). The summed E-state index contributed by atoms with van der Waals surface area (Å²) in [6.07, 6.45) is 0. The summed E-state index contributed by atoms with van der Waals surface area (Å²) in [5.41, 5.74) is -1.05. The van der Waals surface area contributed by atoms with Crippen LogP contribution in [0, 0.1) is 6.92 Å². The first-order valence-electron chi connectivity index (χ1n) is 5.88. The van der Waals surface area contributed by atoms with Crippen molar-refractivity contribution in [2.24, 2.45) is 0 Å². The van der Waals surface area contributed by atoms with Crippen LogP contribution in [0.2, 0.25) is 0 Å². The van der Waals surface area contributed by atoms with Gasteiger partial charge >= 0.3 is 11.9 Å². The van der Waals surface area contributed by atoms with Crippen molar-refractivity contribution in [3.63, 3.8) is 0 Å². The molecule has 1 aromatic heterocycles. The summed E-state index contributed by atoms with van der Waals surface area (Å²) in [4.78, 5) is 33.8. The summed E-state index contributed by atoms with van der Waals surface area (Å²) in [5, 5.41) is 33.0. The van der Waals surface area contributed by atoms with Crippen LogP contribution in [0.15, 0.2) is 22.7 Å². The van der Waals surface area contributed by atoms with E-state index in [0.29, 0.717) is 0 Å². The van der Waals surface area contributed by atoms with Crippen molar-refractivity contribution in [1.82, 2.24) is 5.16 Å². The van der Waals surface area contributed by atoms with E-state index in [1.807, 2.05) is 0 Å². The molecule has 0 saturated carbocycles. The van der Waals surface area contributed by atoms with Crippen LogP contribution in [0.25, 0.3) is 0 Å². The van der Waals surface area contributed by atoms with Crippen LogP contribution >= 0.6 is 0 Å². The highest BCUT2D eigenvalue weighted by Crippen LogP contribution is 2.23. The molecule has 2 aromatic rings. The zero-order valence-electron chi connectivity index (χ0n) is 11.2. The van der Waals surface area contributed by atoms with Crippen LogP contribution in [0.1, 0.15) is 37.0 Å². The predicted octanol–water partition coefficient (Wildman–Crippen LogP) is 1.34. The van der Waals surface area contributed by atoms with Gasteiger partial charge in [0.05, 0.1) is 0 Å². The van der Waals surface area contributed by atoms with Crippen molar-refractivity contribution < 1.29 is 34.2 Å². The van der Waals surface area contributed by atoms with Crippen LogP contribution in [0.3, 0.4) is 0 Å². The maximum atomic E-state index is 12.0. The highest BCUT2D eigenvalue weighted by atomic mass is 16.5. The number of aromatic hydroxyl groups is 1. The molecule has 1 amide bonds. The molecule has 9 nitrogen and oxygen atoms in total. The fourth-order valence-electron chi connectivity index (χ4n) is 1.76. The summed E-state index contributed by atoms with van der Waals surface area (Å²) >= 11 is 0. The van der Waals surface area contributed by atoms with Crippen molar-refractivity contribution in [2.75, 3.05) is 5.32 Å². The second-order valence-electron chi connectivity index (χ2n) is 4.26. The number of carbonyl (C=O) groups is 3. The van der Waals surface area contributed by atoms with Crippen LogP contribution in [-0.4, -0.2) is 38.3 Å². The lowest BCUT2D eigenvalue weighted by Crippen LogP contribution is -2.16. The van der Waals surface area contributed by atoms with E-state index in [0.717, 1.165) is 12.1 Å². The fraction of sp³-hybridized carbons (Fsp3) is 0.0769. The Balaban J connectivity index is 2.28. The Morgan fingerprint density at radius 2 is 1.86 bits per heavy atom. The molecular weight excluding hydrogens is 296 g/mol. The molecule has 0 spiro atoms. The zero-order valence-corrected chi connectivity index (χ0v) is 11.2. The number of carbonyl (C=O) groups excluding carboxylic acids is 1. The maximum absolute atomic E-state index is 12.0. The number of benzene rings is 1. The molecule has 0 aliphatic rings. The Morgan fingerprint density at radius 1 is 1.18 bits per heavy atom. The number of carboxylic acids is 2. The van der Waals surface area contributed by atoms with E-state index in [1.54, 1.807) is 0 Å². The number of amides is 1. The first-order chi connectivity index (χ1) is 10.3. The number of nitrogens with one attached hydrogen (secondary N) is 1. The van der Waals surface area contributed by atoms with Crippen LogP contribution < -0.4 is 5.32 Å². The molecule has 0 atom stereocenters. The van der Waals surface area contributed by atoms with Gasteiger partial charge in [-0.05, 0) is 19.1 Å². The van der Waals surface area contributed by atoms with Gasteiger partial charge in [0, 0.05) is 11.8 Å². The molecule has 0 aliphatic heterocycles. The molecule has 2 rings (SSSR count). The van der Waals surface area contributed by atoms with Crippen molar-refractivity contribution >= 4 is 23.5 Å². The largest absolute Gasteiger partial charge is 0.507 e. The summed E-state index contributed by atoms with van der Waals surface area (Å²) < 4.78 is 4.67. The minimum Gasteiger partial charge on any atom is -0.507 e. The molecule has 4 N–H and O–H groups in total. The zero-order chi connectivity index (χ0) is 16.4.